The average molecular weight is 582 g/mol. The molecule has 0 spiro atoms. The Morgan fingerprint density at radius 1 is 0.564 bits per heavy atom. The second kappa shape index (κ2) is 19.6. The van der Waals surface area contributed by atoms with Crippen LogP contribution in [0.2, 0.25) is 36.3 Å². The molecular formula is C32H66BO4Si2. The van der Waals surface area contributed by atoms with Crippen molar-refractivity contribution in [1.82, 2.24) is 0 Å². The number of rotatable bonds is 24. The molecule has 0 aromatic heterocycles. The van der Waals surface area contributed by atoms with Gasteiger partial charge in [0, 0.05) is 0 Å². The zero-order valence-corrected chi connectivity index (χ0v) is 30.2. The van der Waals surface area contributed by atoms with Crippen molar-refractivity contribution in [3.8, 4) is 0 Å². The van der Waals surface area contributed by atoms with E-state index in [4.69, 9.17) is 18.2 Å². The van der Waals surface area contributed by atoms with Gasteiger partial charge in [0.15, 0.2) is 16.6 Å². The van der Waals surface area contributed by atoms with Crippen molar-refractivity contribution >= 4 is 24.3 Å². The number of hydrogen-bond donors (Lipinski definition) is 0. The Balaban J connectivity index is 5.03. The molecule has 229 valence electrons. The van der Waals surface area contributed by atoms with Gasteiger partial charge in [-0.15, -0.1) is 0 Å². The predicted octanol–water partition coefficient (Wildman–Crippen LogP) is 10.8. The van der Waals surface area contributed by atoms with Crippen molar-refractivity contribution in [3.05, 3.63) is 24.7 Å². The summed E-state index contributed by atoms with van der Waals surface area (Å²) in [6.45, 7) is 27.7. The van der Waals surface area contributed by atoms with Gasteiger partial charge < -0.3 is 18.2 Å². The molecule has 0 bridgehead atoms. The van der Waals surface area contributed by atoms with E-state index in [-0.39, 0.29) is 23.0 Å². The van der Waals surface area contributed by atoms with Gasteiger partial charge in [0.2, 0.25) is 0 Å². The van der Waals surface area contributed by atoms with Crippen molar-refractivity contribution in [3.63, 3.8) is 0 Å². The van der Waals surface area contributed by atoms with Gasteiger partial charge in [-0.05, 0) is 84.9 Å². The standard InChI is InChI=1S/C32H66BO4Si2/c1-13-25-31(9,10)29(36-38(15-3,16-4)17-5)23-21-27-34-33-35-28-22-24-30(32(11,12)26-14-2)37-39(18-6,19-7)20-8/h21-22,27-30H,13-20,23-26H2,1-12H3. The third kappa shape index (κ3) is 13.3. The third-order valence-corrected chi connectivity index (χ3v) is 18.6. The van der Waals surface area contributed by atoms with Crippen LogP contribution in [0.4, 0.5) is 0 Å². The van der Waals surface area contributed by atoms with Crippen LogP contribution in [0.1, 0.15) is 122 Å². The molecule has 0 heterocycles. The lowest BCUT2D eigenvalue weighted by molar-refractivity contribution is 0.0575. The highest BCUT2D eigenvalue weighted by molar-refractivity contribution is 6.74. The zero-order valence-electron chi connectivity index (χ0n) is 28.2. The maximum atomic E-state index is 6.96. The molecule has 0 aromatic carbocycles. The predicted molar refractivity (Wildman–Crippen MR) is 177 cm³/mol. The van der Waals surface area contributed by atoms with Crippen molar-refractivity contribution in [1.29, 1.82) is 0 Å². The second-order valence-corrected chi connectivity index (χ2v) is 22.2. The summed E-state index contributed by atoms with van der Waals surface area (Å²) in [6, 6.07) is 7.04. The van der Waals surface area contributed by atoms with E-state index in [9.17, 15) is 0 Å². The van der Waals surface area contributed by atoms with Crippen LogP contribution in [0, 0.1) is 10.8 Å². The molecule has 0 aliphatic rings. The molecule has 0 N–H and O–H groups in total. The highest BCUT2D eigenvalue weighted by atomic mass is 28.4. The van der Waals surface area contributed by atoms with Gasteiger partial charge in [-0.2, -0.15) is 0 Å². The summed E-state index contributed by atoms with van der Waals surface area (Å²) in [6.07, 6.45) is 14.4. The van der Waals surface area contributed by atoms with Crippen LogP contribution < -0.4 is 0 Å². The molecule has 0 aliphatic carbocycles. The summed E-state index contributed by atoms with van der Waals surface area (Å²) in [4.78, 5) is 0. The summed E-state index contributed by atoms with van der Waals surface area (Å²) in [5.74, 6) is 0. The molecule has 0 saturated heterocycles. The molecule has 1 radical (unpaired) electrons. The van der Waals surface area contributed by atoms with Crippen LogP contribution in [0.25, 0.3) is 0 Å². The molecule has 0 aromatic rings. The summed E-state index contributed by atoms with van der Waals surface area (Å²) in [5, 5.41) is 0. The fraction of sp³-hybridized carbons (Fsp3) is 0.875. The number of hydrogen-bond acceptors (Lipinski definition) is 4. The molecule has 0 aliphatic heterocycles. The fourth-order valence-corrected chi connectivity index (χ4v) is 11.9. The largest absolute Gasteiger partial charge is 0.657 e. The van der Waals surface area contributed by atoms with Gasteiger partial charge in [0.25, 0.3) is 0 Å². The van der Waals surface area contributed by atoms with Gasteiger partial charge in [-0.25, -0.2) is 0 Å². The monoisotopic (exact) mass is 581 g/mol. The van der Waals surface area contributed by atoms with Crippen molar-refractivity contribution in [2.75, 3.05) is 0 Å². The average Bonchev–Trinajstić information content (AvgIpc) is 2.91. The molecule has 39 heavy (non-hydrogen) atoms. The van der Waals surface area contributed by atoms with Crippen LogP contribution in [0.3, 0.4) is 0 Å². The van der Waals surface area contributed by atoms with Crippen molar-refractivity contribution in [2.24, 2.45) is 10.8 Å². The first kappa shape index (κ1) is 38.5. The first-order valence-electron chi connectivity index (χ1n) is 16.2. The van der Waals surface area contributed by atoms with Gasteiger partial charge >= 0.3 is 7.69 Å². The minimum absolute atomic E-state index is 0.137. The maximum absolute atomic E-state index is 6.96. The molecule has 2 unspecified atom stereocenters. The van der Waals surface area contributed by atoms with Crippen LogP contribution in [0.5, 0.6) is 0 Å². The van der Waals surface area contributed by atoms with Gasteiger partial charge in [-0.3, -0.25) is 0 Å². The van der Waals surface area contributed by atoms with Gasteiger partial charge in [0.05, 0.1) is 24.7 Å². The highest BCUT2D eigenvalue weighted by Gasteiger charge is 2.38. The Kier molecular flexibility index (Phi) is 19.3. The zero-order chi connectivity index (χ0) is 30.0. The SMILES string of the molecule is CCCC(C)(C)C(CC=CO[B]OC=CCC(O[Si](CC)(CC)CC)C(C)(C)CCC)O[Si](CC)(CC)CC. The molecule has 2 atom stereocenters. The lowest BCUT2D eigenvalue weighted by Gasteiger charge is -2.41. The van der Waals surface area contributed by atoms with E-state index in [1.807, 2.05) is 0 Å². The quantitative estimate of drug-likeness (QED) is 0.0645. The van der Waals surface area contributed by atoms with E-state index in [0.29, 0.717) is 0 Å². The second-order valence-electron chi connectivity index (χ2n) is 12.8. The van der Waals surface area contributed by atoms with Crippen molar-refractivity contribution in [2.45, 2.75) is 170 Å². The fourth-order valence-electron chi connectivity index (χ4n) is 5.83. The minimum atomic E-state index is -1.69. The molecular weight excluding hydrogens is 515 g/mol. The molecule has 0 saturated carbocycles. The Hall–Kier alpha value is -0.501. The normalized spacial score (nSPS) is 15.2. The van der Waals surface area contributed by atoms with Crippen LogP contribution in [-0.2, 0) is 18.2 Å². The van der Waals surface area contributed by atoms with Crippen LogP contribution in [-0.4, -0.2) is 36.5 Å². The smallest absolute Gasteiger partial charge is 0.533 e. The van der Waals surface area contributed by atoms with Crippen molar-refractivity contribution < 1.29 is 18.2 Å². The lowest BCUT2D eigenvalue weighted by atomic mass is 9.81. The third-order valence-electron chi connectivity index (χ3n) is 9.34. The Labute approximate surface area is 247 Å². The lowest BCUT2D eigenvalue weighted by Crippen LogP contribution is -2.45. The summed E-state index contributed by atoms with van der Waals surface area (Å²) in [7, 11) is -1.97. The highest BCUT2D eigenvalue weighted by Crippen LogP contribution is 2.37. The Morgan fingerprint density at radius 2 is 0.872 bits per heavy atom. The molecule has 0 amide bonds. The van der Waals surface area contributed by atoms with Crippen LogP contribution in [0.15, 0.2) is 24.7 Å². The van der Waals surface area contributed by atoms with E-state index in [2.05, 4.69) is 95.2 Å². The maximum Gasteiger partial charge on any atom is 0.657 e. The van der Waals surface area contributed by atoms with Gasteiger partial charge in [0.1, 0.15) is 0 Å². The summed E-state index contributed by atoms with van der Waals surface area (Å²) >= 11 is 0. The topological polar surface area (TPSA) is 36.9 Å². The van der Waals surface area contributed by atoms with E-state index >= 15 is 0 Å². The first-order valence-corrected chi connectivity index (χ1v) is 21.2. The molecule has 7 heteroatoms. The van der Waals surface area contributed by atoms with E-state index in [1.54, 1.807) is 12.5 Å². The molecule has 0 fully saturated rings. The van der Waals surface area contributed by atoms with E-state index in [1.165, 1.54) is 56.8 Å². The molecule has 4 nitrogen and oxygen atoms in total. The first-order chi connectivity index (χ1) is 18.4. The molecule has 0 rings (SSSR count). The van der Waals surface area contributed by atoms with Crippen LogP contribution >= 0.6 is 0 Å². The van der Waals surface area contributed by atoms with E-state index < -0.39 is 16.6 Å². The summed E-state index contributed by atoms with van der Waals surface area (Å²) in [5.41, 5.74) is 0.273. The minimum Gasteiger partial charge on any atom is -0.533 e. The Morgan fingerprint density at radius 3 is 1.13 bits per heavy atom. The van der Waals surface area contributed by atoms with Gasteiger partial charge in [-0.1, -0.05) is 95.9 Å². The van der Waals surface area contributed by atoms with E-state index in [0.717, 1.165) is 25.7 Å². The summed E-state index contributed by atoms with van der Waals surface area (Å²) < 4.78 is 25.0. The Bertz CT molecular complexity index is 601.